The fourth-order valence-corrected chi connectivity index (χ4v) is 4.01. The number of rotatable bonds is 2. The first-order valence-corrected chi connectivity index (χ1v) is 9.44. The summed E-state index contributed by atoms with van der Waals surface area (Å²) in [6.07, 6.45) is 0. The maximum Gasteiger partial charge on any atom is 0.261 e. The summed E-state index contributed by atoms with van der Waals surface area (Å²) in [4.78, 5) is 42.2. The Morgan fingerprint density at radius 3 is 2.52 bits per heavy atom. The molecule has 2 aromatic carbocycles. The number of anilines is 1. The zero-order valence-electron chi connectivity index (χ0n) is 15.5. The van der Waals surface area contributed by atoms with Crippen molar-refractivity contribution in [2.45, 2.75) is 0 Å². The number of fused-ring (bicyclic) bond motifs is 2. The molecule has 0 spiro atoms. The molecule has 0 atom stereocenters. The molecule has 1 aromatic heterocycles. The number of carbonyl (C=O) groups is 3. The fraction of sp³-hybridized carbons (Fsp3) is 0.190. The topological polar surface area (TPSA) is 120 Å². The lowest BCUT2D eigenvalue weighted by molar-refractivity contribution is 0.0735. The van der Waals surface area contributed by atoms with Gasteiger partial charge in [-0.05, 0) is 30.3 Å². The average Bonchev–Trinajstić information content (AvgIpc) is 3.29. The van der Waals surface area contributed by atoms with Gasteiger partial charge in [0.05, 0.1) is 11.1 Å². The normalized spacial score (nSPS) is 16.2. The molecule has 8 nitrogen and oxygen atoms in total. The van der Waals surface area contributed by atoms with Gasteiger partial charge in [0.2, 0.25) is 0 Å². The lowest BCUT2D eigenvalue weighted by Crippen LogP contribution is -2.46. The Hall–Kier alpha value is -3.65. The van der Waals surface area contributed by atoms with Crippen LogP contribution in [0.3, 0.4) is 0 Å². The minimum Gasteiger partial charge on any atom is -0.398 e. The third-order valence-corrected chi connectivity index (χ3v) is 5.48. The number of carbonyl (C=O) groups excluding carboxylic acids is 3. The van der Waals surface area contributed by atoms with Crippen LogP contribution in [0.1, 0.15) is 31.1 Å². The van der Waals surface area contributed by atoms with Crippen molar-refractivity contribution in [1.29, 1.82) is 0 Å². The van der Waals surface area contributed by atoms with Gasteiger partial charge in [0, 0.05) is 59.6 Å². The van der Waals surface area contributed by atoms with Crippen molar-refractivity contribution in [2.75, 3.05) is 31.9 Å². The highest BCUT2D eigenvalue weighted by Crippen LogP contribution is 2.34. The van der Waals surface area contributed by atoms with Crippen LogP contribution in [-0.2, 0) is 0 Å². The van der Waals surface area contributed by atoms with Gasteiger partial charge in [0.15, 0.2) is 0 Å². The minimum absolute atomic E-state index is 0.00269. The molecule has 1 saturated heterocycles. The van der Waals surface area contributed by atoms with Crippen LogP contribution < -0.4 is 16.4 Å². The van der Waals surface area contributed by atoms with Crippen LogP contribution in [0.25, 0.3) is 22.2 Å². The summed E-state index contributed by atoms with van der Waals surface area (Å²) in [5.74, 6) is -0.937. The molecular formula is C21H19N5O3. The fourth-order valence-electron chi connectivity index (χ4n) is 4.01. The van der Waals surface area contributed by atoms with Gasteiger partial charge in [0.25, 0.3) is 17.7 Å². The number of piperazine rings is 1. The van der Waals surface area contributed by atoms with Crippen LogP contribution >= 0.6 is 0 Å². The number of aromatic nitrogens is 1. The molecule has 3 heterocycles. The highest BCUT2D eigenvalue weighted by molar-refractivity contribution is 6.26. The number of nitrogen functional groups attached to an aromatic ring is 1. The van der Waals surface area contributed by atoms with E-state index in [1.54, 1.807) is 12.1 Å². The van der Waals surface area contributed by atoms with E-state index in [1.807, 2.05) is 29.2 Å². The maximum atomic E-state index is 12.8. The van der Waals surface area contributed by atoms with Crippen LogP contribution in [0, 0.1) is 0 Å². The number of nitrogens with zero attached hydrogens (tertiary/aromatic N) is 1. The number of benzene rings is 2. The second-order valence-electron chi connectivity index (χ2n) is 7.26. The molecule has 2 aliphatic rings. The van der Waals surface area contributed by atoms with Crippen LogP contribution in [0.5, 0.6) is 0 Å². The largest absolute Gasteiger partial charge is 0.398 e. The van der Waals surface area contributed by atoms with Gasteiger partial charge < -0.3 is 20.9 Å². The smallest absolute Gasteiger partial charge is 0.261 e. The Morgan fingerprint density at radius 1 is 0.966 bits per heavy atom. The van der Waals surface area contributed by atoms with E-state index in [1.165, 1.54) is 0 Å². The number of nitrogens with two attached hydrogens (primary N) is 1. The molecule has 2 aliphatic heterocycles. The molecule has 0 unspecified atom stereocenters. The standard InChI is InChI=1S/C21H19N5O3/c22-14-4-3-13(17-18(14)20(28)25-19(17)27)16-9-11-1-2-12(10-15(11)24-16)21(29)26-7-5-23-6-8-26/h1-4,9-10,23-24H,5-8,22H2,(H,25,27,28). The number of hydrogen-bond acceptors (Lipinski definition) is 5. The van der Waals surface area contributed by atoms with E-state index in [0.717, 1.165) is 24.0 Å². The molecule has 29 heavy (non-hydrogen) atoms. The number of amides is 3. The molecule has 146 valence electrons. The Bertz CT molecular complexity index is 1190. The van der Waals surface area contributed by atoms with Gasteiger partial charge in [-0.3, -0.25) is 19.7 Å². The summed E-state index contributed by atoms with van der Waals surface area (Å²) in [7, 11) is 0. The lowest BCUT2D eigenvalue weighted by Gasteiger charge is -2.27. The molecule has 5 rings (SSSR count). The van der Waals surface area contributed by atoms with Crippen molar-refractivity contribution < 1.29 is 14.4 Å². The highest BCUT2D eigenvalue weighted by atomic mass is 16.2. The van der Waals surface area contributed by atoms with E-state index >= 15 is 0 Å². The van der Waals surface area contributed by atoms with Crippen molar-refractivity contribution in [1.82, 2.24) is 20.5 Å². The molecule has 3 amide bonds. The summed E-state index contributed by atoms with van der Waals surface area (Å²) < 4.78 is 0. The molecule has 5 N–H and O–H groups in total. The van der Waals surface area contributed by atoms with E-state index < -0.39 is 11.8 Å². The second kappa shape index (κ2) is 6.46. The SMILES string of the molecule is Nc1ccc(-c2cc3ccc(C(=O)N4CCNCC4)cc3[nH]2)c2c1C(=O)NC2=O. The van der Waals surface area contributed by atoms with Crippen molar-refractivity contribution in [3.63, 3.8) is 0 Å². The van der Waals surface area contributed by atoms with E-state index in [0.29, 0.717) is 29.9 Å². The van der Waals surface area contributed by atoms with Crippen LogP contribution in [-0.4, -0.2) is 53.8 Å². The Morgan fingerprint density at radius 2 is 1.72 bits per heavy atom. The summed E-state index contributed by atoms with van der Waals surface area (Å²) in [6.45, 7) is 2.97. The van der Waals surface area contributed by atoms with Gasteiger partial charge >= 0.3 is 0 Å². The Labute approximate surface area is 166 Å². The number of aromatic amines is 1. The summed E-state index contributed by atoms with van der Waals surface area (Å²) in [5.41, 5.74) is 9.35. The molecule has 0 saturated carbocycles. The average molecular weight is 389 g/mol. The highest BCUT2D eigenvalue weighted by Gasteiger charge is 2.32. The van der Waals surface area contributed by atoms with Gasteiger partial charge in [-0.25, -0.2) is 0 Å². The summed E-state index contributed by atoms with van der Waals surface area (Å²) in [5, 5.41) is 6.45. The molecule has 0 radical (unpaired) electrons. The van der Waals surface area contributed by atoms with Crippen molar-refractivity contribution in [2.24, 2.45) is 0 Å². The monoisotopic (exact) mass is 389 g/mol. The Balaban J connectivity index is 1.56. The summed E-state index contributed by atoms with van der Waals surface area (Å²) >= 11 is 0. The number of hydrogen-bond donors (Lipinski definition) is 4. The number of nitrogens with one attached hydrogen (secondary N) is 3. The van der Waals surface area contributed by atoms with Crippen LogP contribution in [0.4, 0.5) is 5.69 Å². The molecule has 3 aromatic rings. The third-order valence-electron chi connectivity index (χ3n) is 5.48. The van der Waals surface area contributed by atoms with Crippen molar-refractivity contribution in [3.05, 3.63) is 53.1 Å². The maximum absolute atomic E-state index is 12.8. The molecule has 0 aliphatic carbocycles. The predicted octanol–water partition coefficient (Wildman–Crippen LogP) is 1.35. The third kappa shape index (κ3) is 2.76. The first-order valence-electron chi connectivity index (χ1n) is 9.44. The number of H-pyrrole nitrogens is 1. The van der Waals surface area contributed by atoms with Crippen LogP contribution in [0.15, 0.2) is 36.4 Å². The van der Waals surface area contributed by atoms with Gasteiger partial charge in [-0.15, -0.1) is 0 Å². The first-order chi connectivity index (χ1) is 14.0. The first kappa shape index (κ1) is 17.4. The molecule has 8 heteroatoms. The second-order valence-corrected chi connectivity index (χ2v) is 7.26. The van der Waals surface area contributed by atoms with Crippen molar-refractivity contribution >= 4 is 34.3 Å². The van der Waals surface area contributed by atoms with E-state index in [4.69, 9.17) is 5.73 Å². The zero-order chi connectivity index (χ0) is 20.1. The zero-order valence-corrected chi connectivity index (χ0v) is 15.5. The number of imide groups is 1. The summed E-state index contributed by atoms with van der Waals surface area (Å²) in [6, 6.07) is 10.8. The molecular weight excluding hydrogens is 370 g/mol. The van der Waals surface area contributed by atoms with Gasteiger partial charge in [0.1, 0.15) is 0 Å². The van der Waals surface area contributed by atoms with E-state index in [-0.39, 0.29) is 22.7 Å². The van der Waals surface area contributed by atoms with E-state index in [2.05, 4.69) is 15.6 Å². The van der Waals surface area contributed by atoms with Crippen LogP contribution in [0.2, 0.25) is 0 Å². The van der Waals surface area contributed by atoms with Gasteiger partial charge in [-0.2, -0.15) is 0 Å². The molecule has 1 fully saturated rings. The quantitative estimate of drug-likeness (QED) is 0.389. The lowest BCUT2D eigenvalue weighted by atomic mass is 9.98. The minimum atomic E-state index is -0.482. The van der Waals surface area contributed by atoms with Gasteiger partial charge in [-0.1, -0.05) is 6.07 Å². The predicted molar refractivity (Wildman–Crippen MR) is 109 cm³/mol. The van der Waals surface area contributed by atoms with Crippen molar-refractivity contribution in [3.8, 4) is 11.3 Å². The Kier molecular flexibility index (Phi) is 3.88. The van der Waals surface area contributed by atoms with E-state index in [9.17, 15) is 14.4 Å². The molecule has 0 bridgehead atoms.